The third-order valence-corrected chi connectivity index (χ3v) is 3.28. The SMILES string of the molecule is CCOC(=O)c1nc2n(n1)C(c1ccccc1)CC2. The first-order chi connectivity index (χ1) is 9.29. The molecule has 0 fully saturated rings. The Labute approximate surface area is 111 Å². The third-order valence-electron chi connectivity index (χ3n) is 3.28. The third kappa shape index (κ3) is 2.12. The molecule has 1 atom stereocenters. The van der Waals surface area contributed by atoms with Crippen LogP contribution in [0.2, 0.25) is 0 Å². The average molecular weight is 257 g/mol. The number of carbonyl (C=O) groups is 1. The van der Waals surface area contributed by atoms with Crippen molar-refractivity contribution in [3.8, 4) is 0 Å². The zero-order chi connectivity index (χ0) is 13.2. The molecule has 98 valence electrons. The van der Waals surface area contributed by atoms with E-state index in [9.17, 15) is 4.79 Å². The number of carbonyl (C=O) groups excluding carboxylic acids is 1. The maximum Gasteiger partial charge on any atom is 0.378 e. The van der Waals surface area contributed by atoms with E-state index in [1.165, 1.54) is 5.56 Å². The van der Waals surface area contributed by atoms with Gasteiger partial charge in [-0.15, -0.1) is 5.10 Å². The van der Waals surface area contributed by atoms with Crippen molar-refractivity contribution in [2.45, 2.75) is 25.8 Å². The van der Waals surface area contributed by atoms with Crippen molar-refractivity contribution in [2.24, 2.45) is 0 Å². The van der Waals surface area contributed by atoms with E-state index >= 15 is 0 Å². The van der Waals surface area contributed by atoms with Crippen molar-refractivity contribution in [3.63, 3.8) is 0 Å². The molecule has 0 spiro atoms. The summed E-state index contributed by atoms with van der Waals surface area (Å²) in [5.74, 6) is 0.575. The molecule has 0 aliphatic carbocycles. The molecule has 0 radical (unpaired) electrons. The van der Waals surface area contributed by atoms with Gasteiger partial charge >= 0.3 is 5.97 Å². The van der Waals surface area contributed by atoms with Gasteiger partial charge in [0.15, 0.2) is 0 Å². The minimum absolute atomic E-state index is 0.164. The number of fused-ring (bicyclic) bond motifs is 1. The molecular weight excluding hydrogens is 242 g/mol. The number of aromatic nitrogens is 3. The topological polar surface area (TPSA) is 57.0 Å². The van der Waals surface area contributed by atoms with Crippen LogP contribution in [0.25, 0.3) is 0 Å². The van der Waals surface area contributed by atoms with Gasteiger partial charge in [-0.25, -0.2) is 14.5 Å². The average Bonchev–Trinajstić information content (AvgIpc) is 2.99. The largest absolute Gasteiger partial charge is 0.460 e. The number of esters is 1. The fraction of sp³-hybridized carbons (Fsp3) is 0.357. The molecule has 19 heavy (non-hydrogen) atoms. The summed E-state index contributed by atoms with van der Waals surface area (Å²) in [6.45, 7) is 2.11. The molecule has 5 nitrogen and oxygen atoms in total. The summed E-state index contributed by atoms with van der Waals surface area (Å²) in [5, 5.41) is 4.30. The molecule has 0 N–H and O–H groups in total. The van der Waals surface area contributed by atoms with Gasteiger partial charge in [0.25, 0.3) is 5.82 Å². The Kier molecular flexibility index (Phi) is 3.03. The van der Waals surface area contributed by atoms with Crippen LogP contribution in [0.4, 0.5) is 0 Å². The zero-order valence-electron chi connectivity index (χ0n) is 10.7. The Morgan fingerprint density at radius 2 is 2.21 bits per heavy atom. The number of rotatable bonds is 3. The van der Waals surface area contributed by atoms with Crippen molar-refractivity contribution in [1.82, 2.24) is 14.8 Å². The highest BCUT2D eigenvalue weighted by Crippen LogP contribution is 2.30. The van der Waals surface area contributed by atoms with Crippen molar-refractivity contribution >= 4 is 5.97 Å². The van der Waals surface area contributed by atoms with E-state index in [0.717, 1.165) is 18.7 Å². The number of benzene rings is 1. The molecule has 1 aromatic carbocycles. The summed E-state index contributed by atoms with van der Waals surface area (Å²) in [6.07, 6.45) is 1.81. The van der Waals surface area contributed by atoms with Gasteiger partial charge in [-0.3, -0.25) is 0 Å². The van der Waals surface area contributed by atoms with Crippen LogP contribution in [0.1, 0.15) is 41.4 Å². The minimum atomic E-state index is -0.448. The molecule has 0 bridgehead atoms. The number of hydrogen-bond donors (Lipinski definition) is 0. The first kappa shape index (κ1) is 11.9. The Balaban J connectivity index is 1.90. The minimum Gasteiger partial charge on any atom is -0.460 e. The summed E-state index contributed by atoms with van der Waals surface area (Å²) >= 11 is 0. The molecule has 2 heterocycles. The first-order valence-electron chi connectivity index (χ1n) is 6.47. The fourth-order valence-electron chi connectivity index (χ4n) is 2.43. The van der Waals surface area contributed by atoms with E-state index in [0.29, 0.717) is 6.61 Å². The molecule has 0 saturated carbocycles. The van der Waals surface area contributed by atoms with Gasteiger partial charge in [-0.05, 0) is 18.9 Å². The van der Waals surface area contributed by atoms with Gasteiger partial charge < -0.3 is 4.74 Å². The quantitative estimate of drug-likeness (QED) is 0.789. The van der Waals surface area contributed by atoms with E-state index in [1.54, 1.807) is 6.92 Å². The second-order valence-electron chi connectivity index (χ2n) is 4.48. The predicted octanol–water partition coefficient (Wildman–Crippen LogP) is 1.99. The zero-order valence-corrected chi connectivity index (χ0v) is 10.7. The van der Waals surface area contributed by atoms with E-state index < -0.39 is 5.97 Å². The van der Waals surface area contributed by atoms with E-state index in [-0.39, 0.29) is 11.9 Å². The Morgan fingerprint density at radius 3 is 2.95 bits per heavy atom. The lowest BCUT2D eigenvalue weighted by molar-refractivity contribution is 0.0511. The monoisotopic (exact) mass is 257 g/mol. The van der Waals surface area contributed by atoms with Gasteiger partial charge in [0, 0.05) is 6.42 Å². The van der Waals surface area contributed by atoms with E-state index in [4.69, 9.17) is 4.74 Å². The molecule has 0 amide bonds. The van der Waals surface area contributed by atoms with Crippen LogP contribution in [0.3, 0.4) is 0 Å². The molecule has 5 heteroatoms. The number of hydrogen-bond acceptors (Lipinski definition) is 4. The fourth-order valence-corrected chi connectivity index (χ4v) is 2.43. The number of ether oxygens (including phenoxy) is 1. The summed E-state index contributed by atoms with van der Waals surface area (Å²) in [5.41, 5.74) is 1.20. The van der Waals surface area contributed by atoms with Crippen LogP contribution in [-0.2, 0) is 11.2 Å². The van der Waals surface area contributed by atoms with Crippen molar-refractivity contribution in [2.75, 3.05) is 6.61 Å². The second-order valence-corrected chi connectivity index (χ2v) is 4.48. The van der Waals surface area contributed by atoms with Crippen LogP contribution in [0, 0.1) is 0 Å². The normalized spacial score (nSPS) is 17.2. The number of aryl methyl sites for hydroxylation is 1. The Morgan fingerprint density at radius 1 is 1.42 bits per heavy atom. The molecule has 2 aromatic rings. The van der Waals surface area contributed by atoms with Crippen LogP contribution in [0.5, 0.6) is 0 Å². The van der Waals surface area contributed by atoms with Gasteiger partial charge in [-0.1, -0.05) is 30.3 Å². The first-order valence-corrected chi connectivity index (χ1v) is 6.47. The number of nitrogens with zero attached hydrogens (tertiary/aromatic N) is 3. The summed E-state index contributed by atoms with van der Waals surface area (Å²) < 4.78 is 6.78. The summed E-state index contributed by atoms with van der Waals surface area (Å²) in [6, 6.07) is 10.3. The van der Waals surface area contributed by atoms with Crippen molar-refractivity contribution < 1.29 is 9.53 Å². The Bertz CT molecular complexity index is 592. The van der Waals surface area contributed by atoms with Crippen LogP contribution in [-0.4, -0.2) is 27.3 Å². The highest BCUT2D eigenvalue weighted by atomic mass is 16.5. The summed E-state index contributed by atoms with van der Waals surface area (Å²) in [7, 11) is 0. The van der Waals surface area contributed by atoms with Crippen molar-refractivity contribution in [3.05, 3.63) is 47.5 Å². The van der Waals surface area contributed by atoms with Gasteiger partial charge in [0.05, 0.1) is 12.6 Å². The van der Waals surface area contributed by atoms with Crippen LogP contribution < -0.4 is 0 Å². The van der Waals surface area contributed by atoms with Crippen LogP contribution in [0.15, 0.2) is 30.3 Å². The lowest BCUT2D eigenvalue weighted by Crippen LogP contribution is -2.11. The highest BCUT2D eigenvalue weighted by molar-refractivity contribution is 5.85. The molecule has 1 unspecified atom stereocenters. The standard InChI is InChI=1S/C14H15N3O2/c1-2-19-14(18)13-15-12-9-8-11(17(12)16-13)10-6-4-3-5-7-10/h3-7,11H,2,8-9H2,1H3. The van der Waals surface area contributed by atoms with E-state index in [1.807, 2.05) is 22.9 Å². The molecule has 1 aliphatic rings. The summed E-state index contributed by atoms with van der Waals surface area (Å²) in [4.78, 5) is 15.9. The Hall–Kier alpha value is -2.17. The lowest BCUT2D eigenvalue weighted by atomic mass is 10.1. The molecule has 1 aliphatic heterocycles. The van der Waals surface area contributed by atoms with Gasteiger partial charge in [-0.2, -0.15) is 0 Å². The predicted molar refractivity (Wildman–Crippen MR) is 68.9 cm³/mol. The highest BCUT2D eigenvalue weighted by Gasteiger charge is 2.28. The molecule has 1 aromatic heterocycles. The lowest BCUT2D eigenvalue weighted by Gasteiger charge is -2.11. The smallest absolute Gasteiger partial charge is 0.378 e. The second kappa shape index (κ2) is 4.84. The maximum atomic E-state index is 11.6. The van der Waals surface area contributed by atoms with Gasteiger partial charge in [0.1, 0.15) is 5.82 Å². The maximum absolute atomic E-state index is 11.6. The van der Waals surface area contributed by atoms with E-state index in [2.05, 4.69) is 22.2 Å². The molecule has 0 saturated heterocycles. The van der Waals surface area contributed by atoms with Gasteiger partial charge in [0.2, 0.25) is 0 Å². The van der Waals surface area contributed by atoms with Crippen LogP contribution >= 0.6 is 0 Å². The molecule has 3 rings (SSSR count). The van der Waals surface area contributed by atoms with Crippen molar-refractivity contribution in [1.29, 1.82) is 0 Å². The molecular formula is C14H15N3O2.